The molecular formula is C21H37IN6O2S. The van der Waals surface area contributed by atoms with E-state index in [9.17, 15) is 8.42 Å². The van der Waals surface area contributed by atoms with Crippen LogP contribution in [0.3, 0.4) is 0 Å². The van der Waals surface area contributed by atoms with Crippen molar-refractivity contribution < 1.29 is 8.42 Å². The first-order chi connectivity index (χ1) is 14.3. The van der Waals surface area contributed by atoms with E-state index in [1.165, 1.54) is 11.8 Å². The fourth-order valence-corrected chi connectivity index (χ4v) is 4.93. The van der Waals surface area contributed by atoms with Crippen molar-refractivity contribution in [3.8, 4) is 0 Å². The maximum absolute atomic E-state index is 11.7. The summed E-state index contributed by atoms with van der Waals surface area (Å²) in [4.78, 5) is 11.7. The van der Waals surface area contributed by atoms with Crippen LogP contribution >= 0.6 is 24.0 Å². The summed E-state index contributed by atoms with van der Waals surface area (Å²) in [5, 5.41) is 6.95. The Morgan fingerprint density at radius 3 is 2.39 bits per heavy atom. The normalized spacial score (nSPS) is 19.7. The molecule has 0 atom stereocenters. The highest BCUT2D eigenvalue weighted by molar-refractivity contribution is 14.0. The number of sulfonamides is 1. The average Bonchev–Trinajstić information content (AvgIpc) is 2.73. The minimum atomic E-state index is -3.07. The Balaban J connectivity index is 0.00000341. The summed E-state index contributed by atoms with van der Waals surface area (Å²) in [6.07, 6.45) is 7.06. The second-order valence-electron chi connectivity index (χ2n) is 8.42. The number of nitrogens with one attached hydrogen (secondary N) is 2. The van der Waals surface area contributed by atoms with E-state index in [0.29, 0.717) is 25.0 Å². The van der Waals surface area contributed by atoms with Gasteiger partial charge in [0, 0.05) is 51.5 Å². The fourth-order valence-electron chi connectivity index (χ4n) is 4.06. The zero-order valence-electron chi connectivity index (χ0n) is 18.9. The monoisotopic (exact) mass is 564 g/mol. The van der Waals surface area contributed by atoms with Crippen molar-refractivity contribution in [3.63, 3.8) is 0 Å². The predicted molar refractivity (Wildman–Crippen MR) is 138 cm³/mol. The third kappa shape index (κ3) is 8.05. The summed E-state index contributed by atoms with van der Waals surface area (Å²) < 4.78 is 24.9. The Kier molecular flexibility index (Phi) is 10.3. The highest BCUT2D eigenvalue weighted by Gasteiger charge is 2.25. The first-order valence-electron chi connectivity index (χ1n) is 11.0. The van der Waals surface area contributed by atoms with Crippen LogP contribution < -0.4 is 15.5 Å². The maximum atomic E-state index is 11.7. The molecule has 0 bridgehead atoms. The Morgan fingerprint density at radius 2 is 1.84 bits per heavy atom. The number of hydrogen-bond donors (Lipinski definition) is 2. The second kappa shape index (κ2) is 12.2. The molecule has 176 valence electrons. The zero-order chi connectivity index (χ0) is 21.6. The Bertz CT molecular complexity index is 802. The molecule has 2 aliphatic heterocycles. The van der Waals surface area contributed by atoms with Crippen molar-refractivity contribution in [1.82, 2.24) is 19.9 Å². The summed E-state index contributed by atoms with van der Waals surface area (Å²) >= 11 is 0. The molecule has 0 saturated carbocycles. The number of guanidine groups is 1. The Morgan fingerprint density at radius 1 is 1.16 bits per heavy atom. The van der Waals surface area contributed by atoms with Gasteiger partial charge < -0.3 is 15.5 Å². The third-order valence-corrected chi connectivity index (χ3v) is 7.25. The number of piperidine rings is 2. The lowest BCUT2D eigenvalue weighted by Gasteiger charge is -2.34. The molecule has 3 heterocycles. The first kappa shape index (κ1) is 26.1. The highest BCUT2D eigenvalue weighted by Crippen LogP contribution is 2.20. The molecule has 2 saturated heterocycles. The van der Waals surface area contributed by atoms with Gasteiger partial charge in [-0.2, -0.15) is 0 Å². The lowest BCUT2D eigenvalue weighted by Crippen LogP contribution is -2.49. The molecule has 2 fully saturated rings. The number of rotatable bonds is 6. The van der Waals surface area contributed by atoms with Crippen LogP contribution in [0.5, 0.6) is 0 Å². The number of nitrogens with zero attached hydrogens (tertiary/aromatic N) is 4. The third-order valence-electron chi connectivity index (χ3n) is 5.95. The Labute approximate surface area is 204 Å². The molecule has 0 radical (unpaired) electrons. The standard InChI is InChI=1S/C21H36N6O2S.HI/c1-4-22-21(24-16-18-7-13-27(14-8-18)30(3,28)29)25-19-9-11-26(12-10-19)20-6-5-17(2)15-23-20;/h5-6,15,18-19H,4,7-14,16H2,1-3H3,(H2,22,24,25);1H. The van der Waals surface area contributed by atoms with E-state index < -0.39 is 10.0 Å². The number of hydrogen-bond acceptors (Lipinski definition) is 5. The van der Waals surface area contributed by atoms with Gasteiger partial charge in [0.2, 0.25) is 10.0 Å². The molecule has 1 aromatic heterocycles. The van der Waals surface area contributed by atoms with E-state index in [0.717, 1.165) is 63.6 Å². The largest absolute Gasteiger partial charge is 0.357 e. The molecule has 2 aliphatic rings. The van der Waals surface area contributed by atoms with Gasteiger partial charge >= 0.3 is 0 Å². The van der Waals surface area contributed by atoms with E-state index in [-0.39, 0.29) is 24.0 Å². The smallest absolute Gasteiger partial charge is 0.211 e. The maximum Gasteiger partial charge on any atom is 0.211 e. The zero-order valence-corrected chi connectivity index (χ0v) is 22.0. The van der Waals surface area contributed by atoms with E-state index in [2.05, 4.69) is 46.5 Å². The van der Waals surface area contributed by atoms with Crippen LogP contribution in [0.15, 0.2) is 23.3 Å². The molecular weight excluding hydrogens is 527 g/mol. The van der Waals surface area contributed by atoms with Crippen molar-refractivity contribution in [2.45, 2.75) is 45.6 Å². The van der Waals surface area contributed by atoms with Crippen LogP contribution in [0.2, 0.25) is 0 Å². The SMILES string of the molecule is CCNC(=NCC1CCN(S(C)(=O)=O)CC1)NC1CCN(c2ccc(C)cn2)CC1.I. The van der Waals surface area contributed by atoms with Gasteiger partial charge in [0.15, 0.2) is 5.96 Å². The molecule has 0 amide bonds. The first-order valence-corrected chi connectivity index (χ1v) is 12.9. The fraction of sp³-hybridized carbons (Fsp3) is 0.714. The number of aromatic nitrogens is 1. The predicted octanol–water partition coefficient (Wildman–Crippen LogP) is 2.20. The number of aliphatic imine (C=N–C) groups is 1. The quantitative estimate of drug-likeness (QED) is 0.313. The van der Waals surface area contributed by atoms with Gasteiger partial charge in [-0.15, -0.1) is 24.0 Å². The molecule has 1 aromatic rings. The lowest BCUT2D eigenvalue weighted by molar-refractivity contribution is 0.280. The van der Waals surface area contributed by atoms with E-state index in [1.54, 1.807) is 4.31 Å². The van der Waals surface area contributed by atoms with Crippen molar-refractivity contribution in [2.24, 2.45) is 10.9 Å². The Hall–Kier alpha value is -1.14. The summed E-state index contributed by atoms with van der Waals surface area (Å²) in [5.74, 6) is 2.36. The van der Waals surface area contributed by atoms with Crippen molar-refractivity contribution in [1.29, 1.82) is 0 Å². The molecule has 0 spiro atoms. The summed E-state index contributed by atoms with van der Waals surface area (Å²) in [6, 6.07) is 4.61. The molecule has 8 nitrogen and oxygen atoms in total. The summed E-state index contributed by atoms with van der Waals surface area (Å²) in [6.45, 7) is 8.87. The van der Waals surface area contributed by atoms with Gasteiger partial charge in [-0.3, -0.25) is 4.99 Å². The number of pyridine rings is 1. The molecule has 0 aliphatic carbocycles. The number of aryl methyl sites for hydroxylation is 1. The topological polar surface area (TPSA) is 89.9 Å². The molecule has 2 N–H and O–H groups in total. The van der Waals surface area contributed by atoms with Crippen LogP contribution in [0.25, 0.3) is 0 Å². The van der Waals surface area contributed by atoms with Crippen LogP contribution in [-0.2, 0) is 10.0 Å². The number of halogens is 1. The molecule has 31 heavy (non-hydrogen) atoms. The minimum Gasteiger partial charge on any atom is -0.357 e. The van der Waals surface area contributed by atoms with Gasteiger partial charge in [0.1, 0.15) is 5.82 Å². The molecule has 10 heteroatoms. The summed E-state index contributed by atoms with van der Waals surface area (Å²) in [5.41, 5.74) is 1.18. The highest BCUT2D eigenvalue weighted by atomic mass is 127. The van der Waals surface area contributed by atoms with E-state index in [1.807, 2.05) is 6.20 Å². The lowest BCUT2D eigenvalue weighted by atomic mass is 9.98. The van der Waals surface area contributed by atoms with Crippen molar-refractivity contribution in [3.05, 3.63) is 23.9 Å². The molecule has 0 aromatic carbocycles. The van der Waals surface area contributed by atoms with Gasteiger partial charge in [-0.05, 0) is 57.1 Å². The number of anilines is 1. The summed E-state index contributed by atoms with van der Waals surface area (Å²) in [7, 11) is -3.07. The van der Waals surface area contributed by atoms with Gasteiger partial charge in [-0.1, -0.05) is 6.07 Å². The van der Waals surface area contributed by atoms with Crippen molar-refractivity contribution >= 4 is 45.8 Å². The van der Waals surface area contributed by atoms with Crippen LogP contribution in [0.1, 0.15) is 38.2 Å². The molecule has 3 rings (SSSR count). The van der Waals surface area contributed by atoms with Gasteiger partial charge in [0.05, 0.1) is 6.26 Å². The van der Waals surface area contributed by atoms with E-state index >= 15 is 0 Å². The van der Waals surface area contributed by atoms with Gasteiger partial charge in [-0.25, -0.2) is 17.7 Å². The van der Waals surface area contributed by atoms with Crippen LogP contribution in [-0.4, -0.2) is 75.2 Å². The van der Waals surface area contributed by atoms with E-state index in [4.69, 9.17) is 4.99 Å². The molecule has 0 unspecified atom stereocenters. The van der Waals surface area contributed by atoms with Crippen molar-refractivity contribution in [2.75, 3.05) is 50.4 Å². The van der Waals surface area contributed by atoms with Gasteiger partial charge in [0.25, 0.3) is 0 Å². The average molecular weight is 565 g/mol. The minimum absolute atomic E-state index is 0. The second-order valence-corrected chi connectivity index (χ2v) is 10.4. The van der Waals surface area contributed by atoms with Crippen LogP contribution in [0, 0.1) is 12.8 Å². The van der Waals surface area contributed by atoms with Crippen LogP contribution in [0.4, 0.5) is 5.82 Å².